The van der Waals surface area contributed by atoms with E-state index in [1.165, 1.54) is 11.1 Å². The monoisotopic (exact) mass is 448 g/mol. The summed E-state index contributed by atoms with van der Waals surface area (Å²) in [6.07, 6.45) is 0.558. The van der Waals surface area contributed by atoms with Gasteiger partial charge in [-0.1, -0.05) is 43.7 Å². The third-order valence-electron chi connectivity index (χ3n) is 5.20. The number of rotatable bonds is 6. The lowest BCUT2D eigenvalue weighted by molar-refractivity contribution is -0.0494. The summed E-state index contributed by atoms with van der Waals surface area (Å²) >= 11 is 0. The predicted molar refractivity (Wildman–Crippen MR) is 113 cm³/mol. The Bertz CT molecular complexity index is 846. The number of sulfonamides is 1. The normalized spacial score (nSPS) is 17.8. The maximum Gasteiger partial charge on any atom is 0.511 e. The van der Waals surface area contributed by atoms with E-state index in [1.807, 2.05) is 26.0 Å². The van der Waals surface area contributed by atoms with Gasteiger partial charge < -0.3 is 10.6 Å². The molecule has 1 aromatic rings. The smallest absolute Gasteiger partial charge is 0.357 e. The fourth-order valence-electron chi connectivity index (χ4n) is 3.33. The van der Waals surface area contributed by atoms with E-state index in [2.05, 4.69) is 41.6 Å². The van der Waals surface area contributed by atoms with E-state index in [0.717, 1.165) is 0 Å². The van der Waals surface area contributed by atoms with Crippen molar-refractivity contribution >= 4 is 16.0 Å². The quantitative estimate of drug-likeness (QED) is 0.518. The molecule has 1 heterocycles. The van der Waals surface area contributed by atoms with Crippen molar-refractivity contribution in [2.75, 3.05) is 26.2 Å². The molecule has 0 aliphatic carbocycles. The average molecular weight is 449 g/mol. The van der Waals surface area contributed by atoms with Gasteiger partial charge in [0.15, 0.2) is 5.96 Å². The van der Waals surface area contributed by atoms with E-state index in [1.54, 1.807) is 0 Å². The Morgan fingerprint density at radius 2 is 1.87 bits per heavy atom. The summed E-state index contributed by atoms with van der Waals surface area (Å²) in [5, 5.41) is 6.40. The molecule has 2 N–H and O–H groups in total. The van der Waals surface area contributed by atoms with E-state index >= 15 is 0 Å². The van der Waals surface area contributed by atoms with Gasteiger partial charge in [0.05, 0.1) is 6.54 Å². The summed E-state index contributed by atoms with van der Waals surface area (Å²) in [4.78, 5) is 4.67. The van der Waals surface area contributed by atoms with Crippen LogP contribution in [0.15, 0.2) is 29.3 Å². The molecule has 2 rings (SSSR count). The number of hydrogen-bond donors (Lipinski definition) is 2. The first-order valence-electron chi connectivity index (χ1n) is 10.1. The minimum Gasteiger partial charge on any atom is -0.357 e. The number of piperidine rings is 1. The highest BCUT2D eigenvalue weighted by Gasteiger charge is 2.50. The van der Waals surface area contributed by atoms with Crippen LogP contribution in [-0.4, -0.2) is 56.4 Å². The molecule has 0 bridgehead atoms. The second-order valence-electron chi connectivity index (χ2n) is 8.22. The zero-order valence-corrected chi connectivity index (χ0v) is 18.7. The maximum atomic E-state index is 12.7. The second-order valence-corrected chi connectivity index (χ2v) is 10.1. The number of alkyl halides is 3. The minimum absolute atomic E-state index is 0.149. The lowest BCUT2D eigenvalue weighted by Crippen LogP contribution is -2.51. The molecule has 10 heteroatoms. The molecule has 0 radical (unpaired) electrons. The molecule has 0 saturated carbocycles. The summed E-state index contributed by atoms with van der Waals surface area (Å²) in [5.74, 6) is 0.579. The fourth-order valence-corrected chi connectivity index (χ4v) is 4.32. The van der Waals surface area contributed by atoms with E-state index in [-0.39, 0.29) is 37.4 Å². The number of nitrogens with zero attached hydrogens (tertiary/aromatic N) is 2. The van der Waals surface area contributed by atoms with Gasteiger partial charge in [-0.15, -0.1) is 0 Å². The van der Waals surface area contributed by atoms with Gasteiger partial charge in [-0.25, -0.2) is 8.42 Å². The van der Waals surface area contributed by atoms with Crippen LogP contribution in [0.25, 0.3) is 0 Å². The molecule has 1 saturated heterocycles. The molecular formula is C20H31F3N4O2S. The SMILES string of the molecule is CCNC(=NCC(C)(C)c1cccc(C)c1)NC1CCN(S(=O)(=O)C(F)(F)F)CC1. The average Bonchev–Trinajstić information content (AvgIpc) is 2.66. The lowest BCUT2D eigenvalue weighted by Gasteiger charge is -2.33. The van der Waals surface area contributed by atoms with Crippen LogP contribution in [0, 0.1) is 6.92 Å². The molecule has 0 atom stereocenters. The van der Waals surface area contributed by atoms with Gasteiger partial charge in [0.2, 0.25) is 0 Å². The Morgan fingerprint density at radius 1 is 1.23 bits per heavy atom. The van der Waals surface area contributed by atoms with Crippen LogP contribution in [0.2, 0.25) is 0 Å². The highest BCUT2D eigenvalue weighted by molar-refractivity contribution is 7.90. The molecule has 0 amide bonds. The zero-order chi connectivity index (χ0) is 22.6. The number of halogens is 3. The first-order valence-corrected chi connectivity index (χ1v) is 11.5. The topological polar surface area (TPSA) is 73.8 Å². The number of nitrogens with one attached hydrogen (secondary N) is 2. The van der Waals surface area contributed by atoms with E-state index in [9.17, 15) is 21.6 Å². The molecular weight excluding hydrogens is 417 g/mol. The van der Waals surface area contributed by atoms with Gasteiger partial charge in [0.25, 0.3) is 0 Å². The van der Waals surface area contributed by atoms with E-state index in [0.29, 0.717) is 23.4 Å². The molecule has 0 unspecified atom stereocenters. The largest absolute Gasteiger partial charge is 0.511 e. The van der Waals surface area contributed by atoms with Crippen LogP contribution in [0.1, 0.15) is 44.7 Å². The van der Waals surface area contributed by atoms with Crippen LogP contribution >= 0.6 is 0 Å². The molecule has 170 valence electrons. The highest BCUT2D eigenvalue weighted by atomic mass is 32.2. The lowest BCUT2D eigenvalue weighted by atomic mass is 9.84. The Balaban J connectivity index is 2.01. The first-order chi connectivity index (χ1) is 13.9. The fraction of sp³-hybridized carbons (Fsp3) is 0.650. The van der Waals surface area contributed by atoms with Gasteiger partial charge in [-0.2, -0.15) is 17.5 Å². The van der Waals surface area contributed by atoms with Crippen molar-refractivity contribution in [3.05, 3.63) is 35.4 Å². The highest BCUT2D eigenvalue weighted by Crippen LogP contribution is 2.29. The predicted octanol–water partition coefficient (Wildman–Crippen LogP) is 3.14. The van der Waals surface area contributed by atoms with Crippen molar-refractivity contribution in [3.63, 3.8) is 0 Å². The minimum atomic E-state index is -5.27. The first kappa shape index (κ1) is 24.5. The molecule has 1 aliphatic heterocycles. The number of aryl methyl sites for hydroxylation is 1. The van der Waals surface area contributed by atoms with Crippen molar-refractivity contribution in [3.8, 4) is 0 Å². The van der Waals surface area contributed by atoms with Crippen LogP contribution in [0.3, 0.4) is 0 Å². The van der Waals surface area contributed by atoms with Gasteiger partial charge >= 0.3 is 15.5 Å². The Kier molecular flexibility index (Phi) is 7.79. The molecule has 6 nitrogen and oxygen atoms in total. The van der Waals surface area contributed by atoms with Crippen molar-refractivity contribution in [2.45, 2.75) is 57.5 Å². The van der Waals surface area contributed by atoms with E-state index < -0.39 is 15.5 Å². The molecule has 0 spiro atoms. The van der Waals surface area contributed by atoms with Crippen molar-refractivity contribution in [2.24, 2.45) is 4.99 Å². The third kappa shape index (κ3) is 6.10. The second kappa shape index (κ2) is 9.55. The van der Waals surface area contributed by atoms with E-state index in [4.69, 9.17) is 0 Å². The standard InChI is InChI=1S/C20H31F3N4O2S/c1-5-24-18(25-14-19(3,4)16-8-6-7-15(2)13-16)26-17-9-11-27(12-10-17)30(28,29)20(21,22)23/h6-8,13,17H,5,9-12,14H2,1-4H3,(H2,24,25,26). The van der Waals surface area contributed by atoms with Crippen LogP contribution in [0.4, 0.5) is 13.2 Å². The van der Waals surface area contributed by atoms with Gasteiger partial charge in [0.1, 0.15) is 0 Å². The van der Waals surface area contributed by atoms with Gasteiger partial charge in [-0.05, 0) is 32.3 Å². The van der Waals surface area contributed by atoms with Crippen LogP contribution in [0.5, 0.6) is 0 Å². The van der Waals surface area contributed by atoms with Gasteiger partial charge in [0, 0.05) is 31.1 Å². The number of benzene rings is 1. The summed E-state index contributed by atoms with van der Waals surface area (Å²) in [7, 11) is -5.27. The Morgan fingerprint density at radius 3 is 2.40 bits per heavy atom. The van der Waals surface area contributed by atoms with Crippen molar-refractivity contribution in [1.82, 2.24) is 14.9 Å². The molecule has 30 heavy (non-hydrogen) atoms. The van der Waals surface area contributed by atoms with Gasteiger partial charge in [-0.3, -0.25) is 4.99 Å². The molecule has 1 fully saturated rings. The summed E-state index contributed by atoms with van der Waals surface area (Å²) in [6.45, 7) is 9.00. The number of hydrogen-bond acceptors (Lipinski definition) is 3. The summed E-state index contributed by atoms with van der Waals surface area (Å²) in [5.41, 5.74) is -3.10. The summed E-state index contributed by atoms with van der Waals surface area (Å²) in [6, 6.07) is 8.11. The van der Waals surface area contributed by atoms with Crippen LogP contribution in [-0.2, 0) is 15.4 Å². The Labute approximate surface area is 177 Å². The molecule has 1 aromatic carbocycles. The molecule has 0 aromatic heterocycles. The van der Waals surface area contributed by atoms with Crippen molar-refractivity contribution < 1.29 is 21.6 Å². The number of aliphatic imine (C=N–C) groups is 1. The van der Waals surface area contributed by atoms with Crippen LogP contribution < -0.4 is 10.6 Å². The Hall–Kier alpha value is -1.81. The maximum absolute atomic E-state index is 12.7. The third-order valence-corrected chi connectivity index (χ3v) is 6.83. The molecule has 1 aliphatic rings. The van der Waals surface area contributed by atoms with Crippen molar-refractivity contribution in [1.29, 1.82) is 0 Å². The summed E-state index contributed by atoms with van der Waals surface area (Å²) < 4.78 is 61.8. The zero-order valence-electron chi connectivity index (χ0n) is 17.9. The number of guanidine groups is 1.